The number of unbranched alkanes of at least 4 members (excludes halogenated alkanes) is 2. The summed E-state index contributed by atoms with van der Waals surface area (Å²) in [6.07, 6.45) is 13.3. The molecule has 0 saturated carbocycles. The molecule has 0 spiro atoms. The summed E-state index contributed by atoms with van der Waals surface area (Å²) in [6, 6.07) is 17.2. The van der Waals surface area contributed by atoms with Gasteiger partial charge in [-0.25, -0.2) is 0 Å². The van der Waals surface area contributed by atoms with E-state index in [1.54, 1.807) is 0 Å². The molecule has 0 saturated heterocycles. The highest BCUT2D eigenvalue weighted by Crippen LogP contribution is 2.49. The maximum Gasteiger partial charge on any atom is 0.209 e. The molecule has 2 unspecified atom stereocenters. The lowest BCUT2D eigenvalue weighted by Gasteiger charge is -2.34. The molecule has 0 bridgehead atoms. The number of hydrogen-bond donors (Lipinski definition) is 0. The van der Waals surface area contributed by atoms with Gasteiger partial charge in [0.2, 0.25) is 5.69 Å². The van der Waals surface area contributed by atoms with E-state index in [9.17, 15) is 9.90 Å². The molecule has 246 valence electrons. The Morgan fingerprint density at radius 3 is 2.04 bits per heavy atom. The zero-order valence-electron chi connectivity index (χ0n) is 29.7. The summed E-state index contributed by atoms with van der Waals surface area (Å²) < 4.78 is 2.41. The van der Waals surface area contributed by atoms with Crippen LogP contribution in [-0.4, -0.2) is 29.2 Å². The Morgan fingerprint density at radius 1 is 0.804 bits per heavy atom. The van der Waals surface area contributed by atoms with Gasteiger partial charge in [-0.1, -0.05) is 116 Å². The molecule has 2 heterocycles. The molecular formula is C42H56N2O2. The highest BCUT2D eigenvalue weighted by atomic mass is 16.3. The van der Waals surface area contributed by atoms with Crippen LogP contribution in [-0.2, 0) is 15.6 Å². The van der Waals surface area contributed by atoms with Crippen LogP contribution in [0.3, 0.4) is 0 Å². The van der Waals surface area contributed by atoms with E-state index in [-0.39, 0.29) is 22.4 Å². The number of ketones is 1. The van der Waals surface area contributed by atoms with Crippen LogP contribution in [0.4, 0.5) is 11.4 Å². The van der Waals surface area contributed by atoms with Gasteiger partial charge in [0, 0.05) is 58.1 Å². The molecule has 5 rings (SSSR count). The molecule has 0 radical (unpaired) electrons. The van der Waals surface area contributed by atoms with E-state index in [1.807, 2.05) is 12.2 Å². The molecule has 4 heteroatoms. The first-order valence-corrected chi connectivity index (χ1v) is 18.0. The first kappa shape index (κ1) is 33.9. The predicted octanol–water partition coefficient (Wildman–Crippen LogP) is 9.30. The fourth-order valence-electron chi connectivity index (χ4n) is 7.92. The Hall–Kier alpha value is -3.40. The third-order valence-corrected chi connectivity index (χ3v) is 11.1. The average Bonchev–Trinajstić information content (AvgIpc) is 3.40. The number of hydrogen-bond acceptors (Lipinski definition) is 3. The number of nitrogens with zero attached hydrogens (tertiary/aromatic N) is 2. The molecule has 3 aliphatic rings. The van der Waals surface area contributed by atoms with Crippen LogP contribution in [0.2, 0.25) is 0 Å². The van der Waals surface area contributed by atoms with E-state index < -0.39 is 0 Å². The zero-order chi connectivity index (χ0) is 33.2. The number of carbonyl (C=O) groups is 1. The van der Waals surface area contributed by atoms with E-state index in [1.165, 1.54) is 61.0 Å². The molecule has 0 N–H and O–H groups in total. The van der Waals surface area contributed by atoms with Crippen molar-refractivity contribution in [1.29, 1.82) is 0 Å². The van der Waals surface area contributed by atoms with Gasteiger partial charge in [0.05, 0.1) is 5.41 Å². The Morgan fingerprint density at radius 2 is 1.41 bits per heavy atom. The molecule has 0 fully saturated rings. The summed E-state index contributed by atoms with van der Waals surface area (Å²) in [6.45, 7) is 19.8. The molecule has 0 amide bonds. The number of anilines is 1. The second-order valence-corrected chi connectivity index (χ2v) is 14.9. The quantitative estimate of drug-likeness (QED) is 0.156. The highest BCUT2D eigenvalue weighted by Gasteiger charge is 2.46. The highest BCUT2D eigenvalue weighted by molar-refractivity contribution is 6.24. The summed E-state index contributed by atoms with van der Waals surface area (Å²) in [5.41, 5.74) is 7.08. The van der Waals surface area contributed by atoms with Gasteiger partial charge in [-0.3, -0.25) is 4.79 Å². The Labute approximate surface area is 278 Å². The van der Waals surface area contributed by atoms with Gasteiger partial charge in [0.1, 0.15) is 0 Å². The van der Waals surface area contributed by atoms with Crippen molar-refractivity contribution in [3.8, 4) is 0 Å². The largest absolute Gasteiger partial charge is 0.871 e. The van der Waals surface area contributed by atoms with Gasteiger partial charge in [-0.15, -0.1) is 0 Å². The van der Waals surface area contributed by atoms with Crippen molar-refractivity contribution in [3.63, 3.8) is 0 Å². The smallest absolute Gasteiger partial charge is 0.209 e. The molecule has 2 aromatic carbocycles. The second-order valence-electron chi connectivity index (χ2n) is 14.9. The van der Waals surface area contributed by atoms with E-state index in [0.29, 0.717) is 23.0 Å². The molecule has 46 heavy (non-hydrogen) atoms. The van der Waals surface area contributed by atoms with Crippen molar-refractivity contribution in [1.82, 2.24) is 0 Å². The lowest BCUT2D eigenvalue weighted by atomic mass is 9.77. The maximum atomic E-state index is 13.9. The van der Waals surface area contributed by atoms with Crippen LogP contribution in [0.1, 0.15) is 118 Å². The standard InChI is InChI=1S/C42H56N2O2/c1-9-13-19-29(11-3)27-43-35-23-17-15-21-33(35)41(5,6)37(43)25-31-39(45)32(40(31)46)26-38-42(7,8)34-22-16-18-24-36(34)44(38)28-30(12-4)20-14-10-2/h15-18,21-26,29-30H,9-14,19-20,27-28H2,1-8H3. The van der Waals surface area contributed by atoms with Crippen LogP contribution in [0.5, 0.6) is 0 Å². The number of carbonyl (C=O) groups excluding carboxylic acids is 1. The summed E-state index contributed by atoms with van der Waals surface area (Å²) in [7, 11) is 0. The molecule has 1 aliphatic carbocycles. The average molecular weight is 621 g/mol. The van der Waals surface area contributed by atoms with Gasteiger partial charge in [0.25, 0.3) is 0 Å². The number of rotatable bonds is 14. The Balaban J connectivity index is 1.56. The van der Waals surface area contributed by atoms with Crippen molar-refractivity contribution < 1.29 is 14.5 Å². The van der Waals surface area contributed by atoms with Crippen molar-refractivity contribution in [2.45, 2.75) is 118 Å². The minimum Gasteiger partial charge on any atom is -0.871 e. The first-order valence-electron chi connectivity index (χ1n) is 18.0. The third kappa shape index (κ3) is 6.05. The Bertz CT molecular complexity index is 1580. The molecule has 2 aliphatic heterocycles. The summed E-state index contributed by atoms with van der Waals surface area (Å²) >= 11 is 0. The fraction of sp³-hybridized carbons (Fsp3) is 0.524. The zero-order valence-corrected chi connectivity index (χ0v) is 29.7. The summed E-state index contributed by atoms with van der Waals surface area (Å²) in [5, 5.41) is 13.9. The van der Waals surface area contributed by atoms with Crippen molar-refractivity contribution in [2.75, 3.05) is 18.0 Å². The molecule has 0 aromatic heterocycles. The summed E-state index contributed by atoms with van der Waals surface area (Å²) in [5.74, 6) is 0.854. The third-order valence-electron chi connectivity index (χ3n) is 11.1. The minimum absolute atomic E-state index is 0.125. The molecule has 4 nitrogen and oxygen atoms in total. The summed E-state index contributed by atoms with van der Waals surface area (Å²) in [4.78, 5) is 16.4. The maximum absolute atomic E-state index is 13.9. The van der Waals surface area contributed by atoms with Gasteiger partial charge >= 0.3 is 0 Å². The van der Waals surface area contributed by atoms with E-state index in [0.717, 1.165) is 37.3 Å². The van der Waals surface area contributed by atoms with Gasteiger partial charge in [0.15, 0.2) is 18.0 Å². The van der Waals surface area contributed by atoms with Crippen LogP contribution in [0.15, 0.2) is 83.3 Å². The SMILES string of the molecule is CCCCC(CC)CN1/C(=C/C2=C([O-])C(=C\C3=[N+](CC(CC)CCCC)c4ccccc4C3(C)C)/C2=O)C(C)(C)c2ccccc21. The number of para-hydroxylation sites is 2. The number of fused-ring (bicyclic) bond motifs is 2. The molecular weight excluding hydrogens is 564 g/mol. The lowest BCUT2D eigenvalue weighted by Crippen LogP contribution is -2.36. The number of Topliss-reactive ketones (excluding diaryl/α,β-unsaturated/α-hetero) is 1. The first-order chi connectivity index (χ1) is 22.0. The normalized spacial score (nSPS) is 21.2. The monoisotopic (exact) mass is 620 g/mol. The van der Waals surface area contributed by atoms with Crippen LogP contribution in [0.25, 0.3) is 0 Å². The predicted molar refractivity (Wildman–Crippen MR) is 191 cm³/mol. The molecule has 2 aromatic rings. The topological polar surface area (TPSA) is 46.4 Å². The fourth-order valence-corrected chi connectivity index (χ4v) is 7.92. The van der Waals surface area contributed by atoms with E-state index >= 15 is 0 Å². The van der Waals surface area contributed by atoms with E-state index in [4.69, 9.17) is 0 Å². The lowest BCUT2D eigenvalue weighted by molar-refractivity contribution is -0.447. The molecule has 2 atom stereocenters. The minimum atomic E-state index is -0.305. The van der Waals surface area contributed by atoms with Crippen LogP contribution in [0, 0.1) is 11.8 Å². The van der Waals surface area contributed by atoms with Crippen molar-refractivity contribution in [3.05, 3.63) is 94.4 Å². The van der Waals surface area contributed by atoms with Crippen molar-refractivity contribution in [2.24, 2.45) is 11.8 Å². The Kier molecular flexibility index (Phi) is 10.2. The number of benzene rings is 2. The van der Waals surface area contributed by atoms with Gasteiger partial charge < -0.3 is 10.0 Å². The number of allylic oxidation sites excluding steroid dienone is 5. The van der Waals surface area contributed by atoms with Crippen LogP contribution >= 0.6 is 0 Å². The van der Waals surface area contributed by atoms with Gasteiger partial charge in [-0.2, -0.15) is 4.58 Å². The second kappa shape index (κ2) is 13.8. The van der Waals surface area contributed by atoms with Gasteiger partial charge in [-0.05, 0) is 56.7 Å². The van der Waals surface area contributed by atoms with E-state index in [2.05, 4.69) is 113 Å². The van der Waals surface area contributed by atoms with Crippen LogP contribution < -0.4 is 10.0 Å². The van der Waals surface area contributed by atoms with Crippen molar-refractivity contribution >= 4 is 22.9 Å².